The SMILES string of the molecule is CC(C)OC(=O)c1c(NC(=O)CN2CCN(c3ccc([N+](=O)[O-])cc3)CC2)sc2c1CCCC2. The minimum absolute atomic E-state index is 0.0750. The zero-order valence-corrected chi connectivity index (χ0v) is 20.4. The third-order valence-corrected chi connectivity index (χ3v) is 7.34. The third kappa shape index (κ3) is 5.56. The number of piperazine rings is 1. The van der Waals surface area contributed by atoms with Crippen LogP contribution in [0.15, 0.2) is 24.3 Å². The first-order valence-electron chi connectivity index (χ1n) is 11.7. The van der Waals surface area contributed by atoms with Crippen LogP contribution in [-0.2, 0) is 22.4 Å². The van der Waals surface area contributed by atoms with Gasteiger partial charge in [-0.1, -0.05) is 0 Å². The van der Waals surface area contributed by atoms with Gasteiger partial charge >= 0.3 is 5.97 Å². The van der Waals surface area contributed by atoms with Crippen LogP contribution >= 0.6 is 11.3 Å². The van der Waals surface area contributed by atoms with E-state index in [1.807, 2.05) is 13.8 Å². The van der Waals surface area contributed by atoms with Crippen molar-refractivity contribution in [2.75, 3.05) is 42.9 Å². The van der Waals surface area contributed by atoms with E-state index in [0.717, 1.165) is 50.0 Å². The number of fused-ring (bicyclic) bond motifs is 1. The topological polar surface area (TPSA) is 105 Å². The molecule has 182 valence electrons. The summed E-state index contributed by atoms with van der Waals surface area (Å²) in [7, 11) is 0. The number of esters is 1. The van der Waals surface area contributed by atoms with Crippen LogP contribution in [0.2, 0.25) is 0 Å². The molecule has 10 heteroatoms. The molecule has 4 rings (SSSR count). The number of carbonyl (C=O) groups excluding carboxylic acids is 2. The number of ether oxygens (including phenoxy) is 1. The van der Waals surface area contributed by atoms with Gasteiger partial charge < -0.3 is 15.0 Å². The number of nitro groups is 1. The number of aryl methyl sites for hydroxylation is 1. The molecule has 1 amide bonds. The minimum atomic E-state index is -0.404. The molecule has 2 heterocycles. The van der Waals surface area contributed by atoms with Gasteiger partial charge in [0.25, 0.3) is 5.69 Å². The van der Waals surface area contributed by atoms with Crippen LogP contribution in [0.5, 0.6) is 0 Å². The van der Waals surface area contributed by atoms with Crippen molar-refractivity contribution in [3.05, 3.63) is 50.4 Å². The largest absolute Gasteiger partial charge is 0.459 e. The van der Waals surface area contributed by atoms with Gasteiger partial charge in [-0.05, 0) is 57.2 Å². The number of nitrogens with one attached hydrogen (secondary N) is 1. The number of hydrogen-bond donors (Lipinski definition) is 1. The van der Waals surface area contributed by atoms with Crippen LogP contribution in [-0.4, -0.2) is 60.5 Å². The van der Waals surface area contributed by atoms with Crippen molar-refractivity contribution in [1.29, 1.82) is 0 Å². The molecule has 0 bridgehead atoms. The Labute approximate surface area is 202 Å². The third-order valence-electron chi connectivity index (χ3n) is 6.14. The molecule has 1 aromatic carbocycles. The van der Waals surface area contributed by atoms with Crippen molar-refractivity contribution >= 4 is 39.6 Å². The maximum atomic E-state index is 12.9. The zero-order valence-electron chi connectivity index (χ0n) is 19.5. The van der Waals surface area contributed by atoms with Crippen LogP contribution in [0.25, 0.3) is 0 Å². The summed E-state index contributed by atoms with van der Waals surface area (Å²) in [6.07, 6.45) is 3.69. The summed E-state index contributed by atoms with van der Waals surface area (Å²) in [5.74, 6) is -0.498. The molecule has 0 atom stereocenters. The number of carbonyl (C=O) groups is 2. The standard InChI is InChI=1S/C24H30N4O5S/c1-16(2)33-24(30)22-19-5-3-4-6-20(19)34-23(22)25-21(29)15-26-11-13-27(14-12-26)17-7-9-18(10-8-17)28(31)32/h7-10,16H,3-6,11-15H2,1-2H3,(H,25,29). The molecule has 2 aromatic rings. The van der Waals surface area contributed by atoms with E-state index < -0.39 is 4.92 Å². The Morgan fingerprint density at radius 1 is 1.12 bits per heavy atom. The van der Waals surface area contributed by atoms with Crippen LogP contribution in [0, 0.1) is 10.1 Å². The van der Waals surface area contributed by atoms with E-state index in [4.69, 9.17) is 4.74 Å². The fourth-order valence-corrected chi connectivity index (χ4v) is 5.76. The molecular weight excluding hydrogens is 456 g/mol. The molecule has 0 spiro atoms. The smallest absolute Gasteiger partial charge is 0.341 e. The second-order valence-corrected chi connectivity index (χ2v) is 10.1. The molecule has 1 aromatic heterocycles. The van der Waals surface area contributed by atoms with Crippen LogP contribution in [0.4, 0.5) is 16.4 Å². The Kier molecular flexibility index (Phi) is 7.47. The van der Waals surface area contributed by atoms with Crippen molar-refractivity contribution in [3.8, 4) is 0 Å². The highest BCUT2D eigenvalue weighted by Gasteiger charge is 2.28. The van der Waals surface area contributed by atoms with Gasteiger partial charge in [-0.25, -0.2) is 4.79 Å². The van der Waals surface area contributed by atoms with E-state index in [0.29, 0.717) is 23.7 Å². The average Bonchev–Trinajstić information content (AvgIpc) is 3.17. The van der Waals surface area contributed by atoms with Crippen LogP contribution in [0.3, 0.4) is 0 Å². The predicted octanol–water partition coefficient (Wildman–Crippen LogP) is 3.86. The van der Waals surface area contributed by atoms with Gasteiger partial charge in [0.15, 0.2) is 0 Å². The summed E-state index contributed by atoms with van der Waals surface area (Å²) in [5.41, 5.74) is 2.58. The number of nitro benzene ring substituents is 1. The number of nitrogens with zero attached hydrogens (tertiary/aromatic N) is 3. The Morgan fingerprint density at radius 2 is 1.79 bits per heavy atom. The van der Waals surface area contributed by atoms with Gasteiger partial charge in [0.05, 0.1) is 23.1 Å². The minimum Gasteiger partial charge on any atom is -0.459 e. The lowest BCUT2D eigenvalue weighted by atomic mass is 9.95. The Hall–Kier alpha value is -2.98. The summed E-state index contributed by atoms with van der Waals surface area (Å²) < 4.78 is 5.47. The number of thiophene rings is 1. The quantitative estimate of drug-likeness (QED) is 0.360. The Morgan fingerprint density at radius 3 is 2.44 bits per heavy atom. The van der Waals surface area contributed by atoms with Crippen molar-refractivity contribution < 1.29 is 19.2 Å². The van der Waals surface area contributed by atoms with Gasteiger partial charge in [-0.2, -0.15) is 0 Å². The average molecular weight is 487 g/mol. The molecule has 9 nitrogen and oxygen atoms in total. The lowest BCUT2D eigenvalue weighted by Gasteiger charge is -2.35. The molecule has 1 aliphatic heterocycles. The van der Waals surface area contributed by atoms with Gasteiger partial charge in [-0.3, -0.25) is 19.8 Å². The maximum Gasteiger partial charge on any atom is 0.341 e. The van der Waals surface area contributed by atoms with E-state index in [9.17, 15) is 19.7 Å². The number of benzene rings is 1. The van der Waals surface area contributed by atoms with Crippen molar-refractivity contribution in [1.82, 2.24) is 4.90 Å². The van der Waals surface area contributed by atoms with Crippen LogP contribution < -0.4 is 10.2 Å². The highest BCUT2D eigenvalue weighted by Crippen LogP contribution is 2.38. The summed E-state index contributed by atoms with van der Waals surface area (Å²) in [4.78, 5) is 41.5. The number of hydrogen-bond acceptors (Lipinski definition) is 8. The molecule has 34 heavy (non-hydrogen) atoms. The molecule has 2 aliphatic rings. The fraction of sp³-hybridized carbons (Fsp3) is 0.500. The lowest BCUT2D eigenvalue weighted by Crippen LogP contribution is -2.48. The van der Waals surface area contributed by atoms with Crippen molar-refractivity contribution in [2.24, 2.45) is 0 Å². The number of amides is 1. The number of anilines is 2. The summed E-state index contributed by atoms with van der Waals surface area (Å²) in [5, 5.41) is 14.4. The van der Waals surface area contributed by atoms with Gasteiger partial charge in [0, 0.05) is 48.9 Å². The molecule has 1 N–H and O–H groups in total. The van der Waals surface area contributed by atoms with Crippen molar-refractivity contribution in [2.45, 2.75) is 45.6 Å². The molecule has 1 saturated heterocycles. The maximum absolute atomic E-state index is 12.9. The first kappa shape index (κ1) is 24.2. The predicted molar refractivity (Wildman–Crippen MR) is 132 cm³/mol. The van der Waals surface area contributed by atoms with E-state index in [1.54, 1.807) is 12.1 Å². The molecule has 1 aliphatic carbocycles. The van der Waals surface area contributed by atoms with Gasteiger partial charge in [0.2, 0.25) is 5.91 Å². The van der Waals surface area contributed by atoms with Gasteiger partial charge in [-0.15, -0.1) is 11.3 Å². The second kappa shape index (κ2) is 10.5. The first-order valence-corrected chi connectivity index (χ1v) is 12.5. The van der Waals surface area contributed by atoms with Crippen molar-refractivity contribution in [3.63, 3.8) is 0 Å². The summed E-state index contributed by atoms with van der Waals surface area (Å²) in [6.45, 7) is 6.75. The van der Waals surface area contributed by atoms with Gasteiger partial charge in [0.1, 0.15) is 5.00 Å². The molecular formula is C24H30N4O5S. The van der Waals surface area contributed by atoms with E-state index in [1.165, 1.54) is 28.3 Å². The Bertz CT molecular complexity index is 1060. The monoisotopic (exact) mass is 486 g/mol. The highest BCUT2D eigenvalue weighted by molar-refractivity contribution is 7.17. The molecule has 0 radical (unpaired) electrons. The van der Waals surface area contributed by atoms with E-state index >= 15 is 0 Å². The summed E-state index contributed by atoms with van der Waals surface area (Å²) in [6, 6.07) is 6.54. The first-order chi connectivity index (χ1) is 16.3. The normalized spacial score (nSPS) is 16.3. The molecule has 0 saturated carbocycles. The number of non-ortho nitro benzene ring substituents is 1. The second-order valence-electron chi connectivity index (χ2n) is 8.95. The van der Waals surface area contributed by atoms with E-state index in [2.05, 4.69) is 15.1 Å². The van der Waals surface area contributed by atoms with Crippen LogP contribution in [0.1, 0.15) is 47.5 Å². The van der Waals surface area contributed by atoms with E-state index in [-0.39, 0.29) is 30.2 Å². The number of rotatable bonds is 7. The highest BCUT2D eigenvalue weighted by atomic mass is 32.1. The molecule has 1 fully saturated rings. The Balaban J connectivity index is 1.36. The molecule has 0 unspecified atom stereocenters. The summed E-state index contributed by atoms with van der Waals surface area (Å²) >= 11 is 1.50. The fourth-order valence-electron chi connectivity index (χ4n) is 4.46. The zero-order chi connectivity index (χ0) is 24.2. The lowest BCUT2D eigenvalue weighted by molar-refractivity contribution is -0.384.